The summed E-state index contributed by atoms with van der Waals surface area (Å²) in [6, 6.07) is 11.3. The summed E-state index contributed by atoms with van der Waals surface area (Å²) in [5.74, 6) is -1.16. The summed E-state index contributed by atoms with van der Waals surface area (Å²) in [6.45, 7) is 0. The second-order valence-corrected chi connectivity index (χ2v) is 5.80. The molecule has 2 N–H and O–H groups in total. The summed E-state index contributed by atoms with van der Waals surface area (Å²) in [4.78, 5) is 32.5. The van der Waals surface area contributed by atoms with Gasteiger partial charge >= 0.3 is 5.97 Å². The van der Waals surface area contributed by atoms with E-state index in [1.165, 1.54) is 11.7 Å². The molecule has 3 aromatic heterocycles. The van der Waals surface area contributed by atoms with Crippen LogP contribution in [0.1, 0.15) is 20.8 Å². The van der Waals surface area contributed by atoms with E-state index >= 15 is 0 Å². The number of carbonyl (C=O) groups excluding carboxylic acids is 1. The third-order valence-corrected chi connectivity index (χ3v) is 4.02. The number of fused-ring (bicyclic) bond motifs is 1. The van der Waals surface area contributed by atoms with Gasteiger partial charge in [-0.3, -0.25) is 13.9 Å². The zero-order valence-corrected chi connectivity index (χ0v) is 14.2. The number of rotatable bonds is 4. The van der Waals surface area contributed by atoms with Gasteiger partial charge < -0.3 is 10.4 Å². The van der Waals surface area contributed by atoms with Crippen LogP contribution in [0.4, 0.5) is 5.82 Å². The van der Waals surface area contributed by atoms with Crippen LogP contribution in [0, 0.1) is 0 Å². The van der Waals surface area contributed by atoms with E-state index in [1.807, 2.05) is 36.5 Å². The molecule has 9 heteroatoms. The molecular formula is C18H14N6O3. The molecule has 27 heavy (non-hydrogen) atoms. The van der Waals surface area contributed by atoms with E-state index < -0.39 is 11.9 Å². The number of carboxylic acids is 1. The summed E-state index contributed by atoms with van der Waals surface area (Å²) in [5, 5.41) is 15.6. The SMILES string of the molecule is Cn1ncc(C(=O)O)c1C(=O)Nc1ccn2cc(-c3ccccc3)nc2n1. The standard InChI is InChI=1S/C18H14N6O3/c1-23-15(12(9-19-23)17(26)27)16(25)21-14-7-8-24-10-13(20-18(24)22-14)11-5-3-2-4-6-11/h2-10H,1H3,(H,26,27)(H,20,21,22,25). The molecular weight excluding hydrogens is 348 g/mol. The van der Waals surface area contributed by atoms with Crippen molar-refractivity contribution in [2.24, 2.45) is 7.05 Å². The summed E-state index contributed by atoms with van der Waals surface area (Å²) < 4.78 is 2.95. The van der Waals surface area contributed by atoms with E-state index in [4.69, 9.17) is 0 Å². The first-order valence-electron chi connectivity index (χ1n) is 8.01. The fraction of sp³-hybridized carbons (Fsp3) is 0.0556. The molecule has 0 fully saturated rings. The van der Waals surface area contributed by atoms with E-state index in [2.05, 4.69) is 20.4 Å². The number of anilines is 1. The van der Waals surface area contributed by atoms with Gasteiger partial charge in [-0.2, -0.15) is 10.1 Å². The van der Waals surface area contributed by atoms with Gasteiger partial charge in [0.1, 0.15) is 17.1 Å². The van der Waals surface area contributed by atoms with Crippen LogP contribution < -0.4 is 5.32 Å². The third-order valence-electron chi connectivity index (χ3n) is 4.02. The normalized spacial score (nSPS) is 10.9. The molecule has 4 rings (SSSR count). The molecule has 4 aromatic rings. The quantitative estimate of drug-likeness (QED) is 0.574. The Morgan fingerprint density at radius 1 is 1.11 bits per heavy atom. The Labute approximate surface area is 152 Å². The maximum atomic E-state index is 12.5. The summed E-state index contributed by atoms with van der Waals surface area (Å²) in [7, 11) is 1.50. The van der Waals surface area contributed by atoms with Crippen LogP contribution in [0.2, 0.25) is 0 Å². The molecule has 0 bridgehead atoms. The lowest BCUT2D eigenvalue weighted by molar-refractivity contribution is 0.0692. The molecule has 9 nitrogen and oxygen atoms in total. The Kier molecular flexibility index (Phi) is 3.88. The molecule has 0 atom stereocenters. The average molecular weight is 362 g/mol. The zero-order valence-electron chi connectivity index (χ0n) is 14.2. The Balaban J connectivity index is 1.64. The number of aromatic nitrogens is 5. The highest BCUT2D eigenvalue weighted by molar-refractivity contribution is 6.09. The average Bonchev–Trinajstić information content (AvgIpc) is 3.25. The molecule has 0 saturated carbocycles. The molecule has 0 spiro atoms. The molecule has 1 amide bonds. The summed E-state index contributed by atoms with van der Waals surface area (Å²) in [5.41, 5.74) is 1.47. The van der Waals surface area contributed by atoms with E-state index in [-0.39, 0.29) is 17.1 Å². The van der Waals surface area contributed by atoms with Crippen LogP contribution in [0.5, 0.6) is 0 Å². The fourth-order valence-electron chi connectivity index (χ4n) is 2.73. The number of carbonyl (C=O) groups is 2. The van der Waals surface area contributed by atoms with Crippen LogP contribution in [0.15, 0.2) is 55.0 Å². The monoisotopic (exact) mass is 362 g/mol. The van der Waals surface area contributed by atoms with E-state index in [0.717, 1.165) is 17.5 Å². The van der Waals surface area contributed by atoms with Crippen molar-refractivity contribution in [2.45, 2.75) is 0 Å². The van der Waals surface area contributed by atoms with Crippen molar-refractivity contribution in [1.82, 2.24) is 24.1 Å². The van der Waals surface area contributed by atoms with Crippen LogP contribution >= 0.6 is 0 Å². The van der Waals surface area contributed by atoms with Crippen molar-refractivity contribution in [2.75, 3.05) is 5.32 Å². The predicted molar refractivity (Wildman–Crippen MR) is 96.5 cm³/mol. The van der Waals surface area contributed by atoms with Gasteiger partial charge in [0.05, 0.1) is 11.9 Å². The maximum absolute atomic E-state index is 12.5. The highest BCUT2D eigenvalue weighted by atomic mass is 16.4. The second kappa shape index (κ2) is 6.37. The van der Waals surface area contributed by atoms with Crippen molar-refractivity contribution in [3.8, 4) is 11.3 Å². The van der Waals surface area contributed by atoms with Gasteiger partial charge in [0, 0.05) is 25.0 Å². The molecule has 3 heterocycles. The maximum Gasteiger partial charge on any atom is 0.339 e. The predicted octanol–water partition coefficient (Wildman–Crippen LogP) is 2.08. The number of aryl methyl sites for hydroxylation is 1. The number of hydrogen-bond acceptors (Lipinski definition) is 5. The molecule has 0 aliphatic heterocycles. The topological polar surface area (TPSA) is 114 Å². The Bertz CT molecular complexity index is 1160. The van der Waals surface area contributed by atoms with Crippen molar-refractivity contribution in [1.29, 1.82) is 0 Å². The van der Waals surface area contributed by atoms with Gasteiger partial charge in [0.25, 0.3) is 5.91 Å². The Hall–Kier alpha value is -4.01. The van der Waals surface area contributed by atoms with Gasteiger partial charge in [0.15, 0.2) is 0 Å². The Morgan fingerprint density at radius 2 is 1.89 bits per heavy atom. The number of nitrogens with one attached hydrogen (secondary N) is 1. The van der Waals surface area contributed by atoms with E-state index in [1.54, 1.807) is 16.7 Å². The Morgan fingerprint density at radius 3 is 2.63 bits per heavy atom. The smallest absolute Gasteiger partial charge is 0.339 e. The van der Waals surface area contributed by atoms with E-state index in [0.29, 0.717) is 5.78 Å². The first kappa shape index (κ1) is 16.5. The number of imidazole rings is 1. The third kappa shape index (κ3) is 3.01. The number of carboxylic acid groups (broad SMARTS) is 1. The first-order chi connectivity index (χ1) is 13.0. The number of aromatic carboxylic acids is 1. The largest absolute Gasteiger partial charge is 0.478 e. The van der Waals surface area contributed by atoms with Gasteiger partial charge in [-0.15, -0.1) is 0 Å². The van der Waals surface area contributed by atoms with Crippen molar-refractivity contribution >= 4 is 23.5 Å². The minimum atomic E-state index is -1.22. The highest BCUT2D eigenvalue weighted by Crippen LogP contribution is 2.19. The molecule has 0 saturated heterocycles. The lowest BCUT2D eigenvalue weighted by atomic mass is 10.2. The van der Waals surface area contributed by atoms with Gasteiger partial charge in [-0.25, -0.2) is 9.78 Å². The molecule has 0 aliphatic carbocycles. The van der Waals surface area contributed by atoms with Crippen LogP contribution in [-0.2, 0) is 7.05 Å². The molecule has 134 valence electrons. The highest BCUT2D eigenvalue weighted by Gasteiger charge is 2.22. The fourth-order valence-corrected chi connectivity index (χ4v) is 2.73. The number of nitrogens with zero attached hydrogens (tertiary/aromatic N) is 5. The van der Waals surface area contributed by atoms with Crippen LogP contribution in [0.3, 0.4) is 0 Å². The lowest BCUT2D eigenvalue weighted by Gasteiger charge is -2.06. The van der Waals surface area contributed by atoms with Gasteiger partial charge in [-0.05, 0) is 6.07 Å². The van der Waals surface area contributed by atoms with Gasteiger partial charge in [-0.1, -0.05) is 30.3 Å². The van der Waals surface area contributed by atoms with Gasteiger partial charge in [0.2, 0.25) is 5.78 Å². The first-order valence-corrected chi connectivity index (χ1v) is 8.01. The van der Waals surface area contributed by atoms with Crippen molar-refractivity contribution in [3.05, 3.63) is 66.2 Å². The lowest BCUT2D eigenvalue weighted by Crippen LogP contribution is -2.20. The molecule has 0 radical (unpaired) electrons. The number of hydrogen-bond donors (Lipinski definition) is 2. The molecule has 1 aromatic carbocycles. The minimum Gasteiger partial charge on any atom is -0.478 e. The second-order valence-electron chi connectivity index (χ2n) is 5.80. The van der Waals surface area contributed by atoms with Crippen molar-refractivity contribution in [3.63, 3.8) is 0 Å². The van der Waals surface area contributed by atoms with Crippen LogP contribution in [-0.4, -0.2) is 41.1 Å². The van der Waals surface area contributed by atoms with E-state index in [9.17, 15) is 14.7 Å². The molecule has 0 aliphatic rings. The van der Waals surface area contributed by atoms with Crippen molar-refractivity contribution < 1.29 is 14.7 Å². The summed E-state index contributed by atoms with van der Waals surface area (Å²) >= 11 is 0. The minimum absolute atomic E-state index is 0.0579. The number of amides is 1. The summed E-state index contributed by atoms with van der Waals surface area (Å²) in [6.07, 6.45) is 4.69. The van der Waals surface area contributed by atoms with Crippen LogP contribution in [0.25, 0.3) is 17.0 Å². The zero-order chi connectivity index (χ0) is 19.0. The number of benzene rings is 1. The molecule has 0 unspecified atom stereocenters.